The van der Waals surface area contributed by atoms with E-state index in [1.807, 2.05) is 0 Å². The van der Waals surface area contributed by atoms with Gasteiger partial charge in [0.1, 0.15) is 0 Å². The summed E-state index contributed by atoms with van der Waals surface area (Å²) in [6.07, 6.45) is -3.61. The number of rotatable bonds is 2. The largest absolute Gasteiger partial charge is 0.435 e. The Morgan fingerprint density at radius 2 is 1.95 bits per heavy atom. The molecule has 20 heavy (non-hydrogen) atoms. The Kier molecular flexibility index (Phi) is 3.52. The number of nitrogens with zero attached hydrogens (tertiary/aromatic N) is 2. The van der Waals surface area contributed by atoms with Gasteiger partial charge in [-0.3, -0.25) is 9.48 Å². The maximum absolute atomic E-state index is 12.8. The molecule has 1 amide bonds. The van der Waals surface area contributed by atoms with Gasteiger partial charge in [0.15, 0.2) is 5.69 Å². The molecule has 0 fully saturated rings. The molecule has 0 aliphatic heterocycles. The Morgan fingerprint density at radius 3 is 2.55 bits per heavy atom. The van der Waals surface area contributed by atoms with E-state index in [4.69, 9.17) is 0 Å². The van der Waals surface area contributed by atoms with E-state index in [-0.39, 0.29) is 0 Å². The zero-order valence-corrected chi connectivity index (χ0v) is 10.8. The maximum atomic E-state index is 12.8. The van der Waals surface area contributed by atoms with E-state index in [0.717, 1.165) is 16.4 Å². The monoisotopic (exact) mass is 283 g/mol. The Balaban J connectivity index is 2.33. The number of halogens is 3. The van der Waals surface area contributed by atoms with Crippen LogP contribution in [0.3, 0.4) is 0 Å². The molecule has 0 unspecified atom stereocenters. The Morgan fingerprint density at radius 1 is 1.30 bits per heavy atom. The van der Waals surface area contributed by atoms with Crippen molar-refractivity contribution in [1.82, 2.24) is 9.78 Å². The number of carbonyl (C=O) groups excluding carboxylic acids is 1. The molecule has 0 radical (unpaired) electrons. The summed E-state index contributed by atoms with van der Waals surface area (Å²) >= 11 is 0. The van der Waals surface area contributed by atoms with Gasteiger partial charge in [-0.15, -0.1) is 0 Å². The number of hydrogen-bond acceptors (Lipinski definition) is 2. The van der Waals surface area contributed by atoms with Crippen LogP contribution in [0, 0.1) is 6.92 Å². The summed E-state index contributed by atoms with van der Waals surface area (Å²) in [5.74, 6) is -0.834. The average Bonchev–Trinajstić information content (AvgIpc) is 2.74. The van der Waals surface area contributed by atoms with E-state index in [9.17, 15) is 18.0 Å². The molecule has 106 valence electrons. The van der Waals surface area contributed by atoms with E-state index >= 15 is 0 Å². The summed E-state index contributed by atoms with van der Waals surface area (Å²) in [6, 6.07) is 6.84. The van der Waals surface area contributed by atoms with Crippen molar-refractivity contribution in [2.75, 3.05) is 5.32 Å². The molecule has 0 atom stereocenters. The van der Waals surface area contributed by atoms with E-state index in [1.165, 1.54) is 7.05 Å². The predicted octanol–water partition coefficient (Wildman–Crippen LogP) is 3.00. The van der Waals surface area contributed by atoms with Gasteiger partial charge in [0.05, 0.1) is 5.56 Å². The van der Waals surface area contributed by atoms with Gasteiger partial charge < -0.3 is 5.32 Å². The van der Waals surface area contributed by atoms with Gasteiger partial charge in [-0.25, -0.2) is 0 Å². The fraction of sp³-hybridized carbons (Fsp3) is 0.231. The molecular weight excluding hydrogens is 271 g/mol. The quantitative estimate of drug-likeness (QED) is 0.921. The van der Waals surface area contributed by atoms with Crippen molar-refractivity contribution in [1.29, 1.82) is 0 Å². The highest BCUT2D eigenvalue weighted by atomic mass is 19.4. The van der Waals surface area contributed by atoms with Crippen molar-refractivity contribution in [3.8, 4) is 0 Å². The van der Waals surface area contributed by atoms with Crippen molar-refractivity contribution < 1.29 is 18.0 Å². The van der Waals surface area contributed by atoms with Crippen LogP contribution in [-0.4, -0.2) is 15.7 Å². The SMILES string of the molecule is Cc1ccccc1NC(=O)c1cn(C)nc1C(F)(F)F. The fourth-order valence-corrected chi connectivity index (χ4v) is 1.77. The lowest BCUT2D eigenvalue weighted by molar-refractivity contribution is -0.141. The maximum Gasteiger partial charge on any atom is 0.435 e. The number of aryl methyl sites for hydroxylation is 2. The first-order valence-corrected chi connectivity index (χ1v) is 5.77. The van der Waals surface area contributed by atoms with Crippen LogP contribution in [0.4, 0.5) is 18.9 Å². The van der Waals surface area contributed by atoms with Crippen LogP contribution in [-0.2, 0) is 13.2 Å². The van der Waals surface area contributed by atoms with Gasteiger partial charge in [0, 0.05) is 18.9 Å². The van der Waals surface area contributed by atoms with Crippen LogP contribution in [0.5, 0.6) is 0 Å². The number of alkyl halides is 3. The molecule has 1 aromatic carbocycles. The molecule has 2 aromatic rings. The minimum absolute atomic E-state index is 0.467. The van der Waals surface area contributed by atoms with Crippen molar-refractivity contribution >= 4 is 11.6 Å². The molecule has 4 nitrogen and oxygen atoms in total. The van der Waals surface area contributed by atoms with E-state index in [1.54, 1.807) is 31.2 Å². The van der Waals surface area contributed by atoms with Crippen LogP contribution in [0.15, 0.2) is 30.5 Å². The van der Waals surface area contributed by atoms with Crippen LogP contribution >= 0.6 is 0 Å². The highest BCUT2D eigenvalue weighted by Gasteiger charge is 2.39. The summed E-state index contributed by atoms with van der Waals surface area (Å²) in [6.45, 7) is 1.75. The second kappa shape index (κ2) is 4.99. The summed E-state index contributed by atoms with van der Waals surface area (Å²) in [5, 5.41) is 5.76. The standard InChI is InChI=1S/C13H12F3N3O/c1-8-5-3-4-6-10(8)17-12(20)9-7-19(2)18-11(9)13(14,15)16/h3-7H,1-2H3,(H,17,20). The molecular formula is C13H12F3N3O. The van der Waals surface area contributed by atoms with Crippen LogP contribution in [0.1, 0.15) is 21.6 Å². The molecule has 1 heterocycles. The van der Waals surface area contributed by atoms with E-state index < -0.39 is 23.3 Å². The fourth-order valence-electron chi connectivity index (χ4n) is 1.77. The molecule has 0 saturated heterocycles. The average molecular weight is 283 g/mol. The summed E-state index contributed by atoms with van der Waals surface area (Å²) in [5.41, 5.74) is -0.456. The van der Waals surface area contributed by atoms with Crippen molar-refractivity contribution in [3.05, 3.63) is 47.3 Å². The zero-order chi connectivity index (χ0) is 14.9. The number of nitrogens with one attached hydrogen (secondary N) is 1. The highest BCUT2D eigenvalue weighted by molar-refractivity contribution is 6.05. The lowest BCUT2D eigenvalue weighted by atomic mass is 10.2. The van der Waals surface area contributed by atoms with Gasteiger partial charge in [0.25, 0.3) is 5.91 Å². The molecule has 0 aliphatic carbocycles. The number of anilines is 1. The van der Waals surface area contributed by atoms with E-state index in [2.05, 4.69) is 10.4 Å². The van der Waals surface area contributed by atoms with Crippen molar-refractivity contribution in [2.45, 2.75) is 13.1 Å². The Bertz CT molecular complexity index is 647. The first-order chi connectivity index (χ1) is 9.29. The smallest absolute Gasteiger partial charge is 0.322 e. The molecule has 0 saturated carbocycles. The molecule has 0 bridgehead atoms. The number of carbonyl (C=O) groups is 1. The number of aromatic nitrogens is 2. The lowest BCUT2D eigenvalue weighted by Gasteiger charge is -2.09. The molecule has 1 N–H and O–H groups in total. The first kappa shape index (κ1) is 14.1. The van der Waals surface area contributed by atoms with E-state index in [0.29, 0.717) is 5.69 Å². The third kappa shape index (κ3) is 2.81. The second-order valence-corrected chi connectivity index (χ2v) is 4.33. The number of hydrogen-bond donors (Lipinski definition) is 1. The van der Waals surface area contributed by atoms with Crippen LogP contribution < -0.4 is 5.32 Å². The van der Waals surface area contributed by atoms with Gasteiger partial charge in [-0.05, 0) is 18.6 Å². The normalized spacial score (nSPS) is 11.4. The van der Waals surface area contributed by atoms with Gasteiger partial charge in [-0.2, -0.15) is 18.3 Å². The molecule has 7 heteroatoms. The Labute approximate surface area is 113 Å². The summed E-state index contributed by atoms with van der Waals surface area (Å²) in [7, 11) is 1.33. The first-order valence-electron chi connectivity index (χ1n) is 5.77. The van der Waals surface area contributed by atoms with Gasteiger partial charge in [-0.1, -0.05) is 18.2 Å². The third-order valence-corrected chi connectivity index (χ3v) is 2.74. The van der Waals surface area contributed by atoms with Crippen LogP contribution in [0.2, 0.25) is 0 Å². The topological polar surface area (TPSA) is 46.9 Å². The second-order valence-electron chi connectivity index (χ2n) is 4.33. The minimum atomic E-state index is -4.67. The van der Waals surface area contributed by atoms with Crippen LogP contribution in [0.25, 0.3) is 0 Å². The number of para-hydroxylation sites is 1. The third-order valence-electron chi connectivity index (χ3n) is 2.74. The van der Waals surface area contributed by atoms with Crippen molar-refractivity contribution in [2.24, 2.45) is 7.05 Å². The minimum Gasteiger partial charge on any atom is -0.322 e. The predicted molar refractivity (Wildman–Crippen MR) is 67.3 cm³/mol. The number of amides is 1. The summed E-state index contributed by atoms with van der Waals surface area (Å²) in [4.78, 5) is 12.0. The Hall–Kier alpha value is -2.31. The summed E-state index contributed by atoms with van der Waals surface area (Å²) < 4.78 is 39.3. The molecule has 0 spiro atoms. The molecule has 1 aromatic heterocycles. The molecule has 0 aliphatic rings. The highest BCUT2D eigenvalue weighted by Crippen LogP contribution is 2.31. The van der Waals surface area contributed by atoms with Crippen molar-refractivity contribution in [3.63, 3.8) is 0 Å². The zero-order valence-electron chi connectivity index (χ0n) is 10.8. The lowest BCUT2D eigenvalue weighted by Crippen LogP contribution is -2.18. The molecule has 2 rings (SSSR count). The van der Waals surface area contributed by atoms with Gasteiger partial charge >= 0.3 is 6.18 Å². The van der Waals surface area contributed by atoms with Gasteiger partial charge in [0.2, 0.25) is 0 Å². The number of benzene rings is 1.